The number of likely N-dealkylation sites (tertiary alicyclic amines) is 1. The highest BCUT2D eigenvalue weighted by atomic mass is 35.5. The average molecular weight is 345 g/mol. The van der Waals surface area contributed by atoms with Crippen LogP contribution in [0.5, 0.6) is 5.75 Å². The Labute approximate surface area is 139 Å². The van der Waals surface area contributed by atoms with Crippen molar-refractivity contribution in [3.05, 3.63) is 28.2 Å². The molecule has 1 heterocycles. The minimum absolute atomic E-state index is 0.0776. The minimum atomic E-state index is -0.276. The van der Waals surface area contributed by atoms with Gasteiger partial charge in [-0.25, -0.2) is 0 Å². The quantitative estimate of drug-likeness (QED) is 0.862. The molecule has 120 valence electrons. The highest BCUT2D eigenvalue weighted by Gasteiger charge is 2.29. The van der Waals surface area contributed by atoms with Gasteiger partial charge < -0.3 is 15.0 Å². The molecule has 2 rings (SSSR count). The summed E-state index contributed by atoms with van der Waals surface area (Å²) in [4.78, 5) is 25.4. The molecule has 0 bridgehead atoms. The molecular weight excluding hydrogens is 327 g/mol. The Morgan fingerprint density at radius 3 is 2.91 bits per heavy atom. The van der Waals surface area contributed by atoms with Gasteiger partial charge in [-0.15, -0.1) is 0 Å². The standard InChI is InChI=1S/C15H18Cl2N2O3/c1-2-5-19-8-11(7-15(19)21)18-14(20)9-22-13-4-3-10(16)6-12(13)17/h3-4,6,11H,2,5,7-9H2,1H3,(H,18,20). The number of carbonyl (C=O) groups excluding carboxylic acids is 2. The molecule has 22 heavy (non-hydrogen) atoms. The summed E-state index contributed by atoms with van der Waals surface area (Å²) in [5.74, 6) is 0.201. The molecule has 1 unspecified atom stereocenters. The van der Waals surface area contributed by atoms with Gasteiger partial charge in [0.15, 0.2) is 6.61 Å². The predicted molar refractivity (Wildman–Crippen MR) is 85.4 cm³/mol. The second-order valence-corrected chi connectivity index (χ2v) is 6.02. The van der Waals surface area contributed by atoms with Crippen LogP contribution in [0.25, 0.3) is 0 Å². The van der Waals surface area contributed by atoms with Crippen LogP contribution in [0.2, 0.25) is 10.0 Å². The Balaban J connectivity index is 1.80. The van der Waals surface area contributed by atoms with Gasteiger partial charge in [0.2, 0.25) is 5.91 Å². The van der Waals surface area contributed by atoms with Crippen molar-refractivity contribution in [2.45, 2.75) is 25.8 Å². The smallest absolute Gasteiger partial charge is 0.258 e. The van der Waals surface area contributed by atoms with E-state index < -0.39 is 0 Å². The van der Waals surface area contributed by atoms with Gasteiger partial charge in [0.05, 0.1) is 11.1 Å². The molecule has 1 fully saturated rings. The lowest BCUT2D eigenvalue weighted by molar-refractivity contribution is -0.127. The van der Waals surface area contributed by atoms with Gasteiger partial charge in [-0.05, 0) is 24.6 Å². The summed E-state index contributed by atoms with van der Waals surface area (Å²) in [6, 6.07) is 4.64. The van der Waals surface area contributed by atoms with Crippen LogP contribution >= 0.6 is 23.2 Å². The van der Waals surface area contributed by atoms with Crippen LogP contribution in [-0.2, 0) is 9.59 Å². The first-order valence-corrected chi connectivity index (χ1v) is 7.90. The van der Waals surface area contributed by atoms with Crippen molar-refractivity contribution in [1.29, 1.82) is 0 Å². The Bertz CT molecular complexity index is 566. The molecule has 1 aromatic rings. The summed E-state index contributed by atoms with van der Waals surface area (Å²) in [5.41, 5.74) is 0. The topological polar surface area (TPSA) is 58.6 Å². The van der Waals surface area contributed by atoms with Crippen LogP contribution in [0.1, 0.15) is 19.8 Å². The zero-order valence-corrected chi connectivity index (χ0v) is 13.8. The number of hydrogen-bond donors (Lipinski definition) is 1. The summed E-state index contributed by atoms with van der Waals surface area (Å²) in [7, 11) is 0. The summed E-state index contributed by atoms with van der Waals surface area (Å²) in [6.07, 6.45) is 1.25. The molecule has 0 spiro atoms. The zero-order chi connectivity index (χ0) is 16.1. The molecule has 2 amide bonds. The van der Waals surface area contributed by atoms with Gasteiger partial charge in [-0.3, -0.25) is 9.59 Å². The maximum Gasteiger partial charge on any atom is 0.258 e. The van der Waals surface area contributed by atoms with Crippen molar-refractivity contribution in [3.8, 4) is 5.75 Å². The summed E-state index contributed by atoms with van der Waals surface area (Å²) in [6.45, 7) is 3.14. The van der Waals surface area contributed by atoms with Gasteiger partial charge >= 0.3 is 0 Å². The molecule has 1 N–H and O–H groups in total. The maximum absolute atomic E-state index is 11.9. The lowest BCUT2D eigenvalue weighted by Crippen LogP contribution is -2.39. The predicted octanol–water partition coefficient (Wildman–Crippen LogP) is 2.50. The first-order valence-electron chi connectivity index (χ1n) is 7.14. The molecule has 0 aromatic heterocycles. The van der Waals surface area contributed by atoms with Gasteiger partial charge in [0.25, 0.3) is 5.91 Å². The number of nitrogens with zero attached hydrogens (tertiary/aromatic N) is 1. The number of ether oxygens (including phenoxy) is 1. The van der Waals surface area contributed by atoms with E-state index in [2.05, 4.69) is 5.32 Å². The number of carbonyl (C=O) groups is 2. The lowest BCUT2D eigenvalue weighted by Gasteiger charge is -2.16. The fraction of sp³-hybridized carbons (Fsp3) is 0.467. The van der Waals surface area contributed by atoms with E-state index in [9.17, 15) is 9.59 Å². The van der Waals surface area contributed by atoms with E-state index in [1.54, 1.807) is 23.1 Å². The van der Waals surface area contributed by atoms with Crippen molar-refractivity contribution in [3.63, 3.8) is 0 Å². The fourth-order valence-electron chi connectivity index (χ4n) is 2.36. The SMILES string of the molecule is CCCN1CC(NC(=O)COc2ccc(Cl)cc2Cl)CC1=O. The van der Waals surface area contributed by atoms with E-state index in [1.165, 1.54) is 0 Å². The number of hydrogen-bond acceptors (Lipinski definition) is 3. The molecule has 0 radical (unpaired) electrons. The van der Waals surface area contributed by atoms with Crippen LogP contribution in [-0.4, -0.2) is 42.5 Å². The van der Waals surface area contributed by atoms with Crippen molar-refractivity contribution in [1.82, 2.24) is 10.2 Å². The van der Waals surface area contributed by atoms with Crippen LogP contribution in [0.4, 0.5) is 0 Å². The molecule has 7 heteroatoms. The van der Waals surface area contributed by atoms with Gasteiger partial charge in [-0.2, -0.15) is 0 Å². The average Bonchev–Trinajstić information content (AvgIpc) is 2.78. The Morgan fingerprint density at radius 1 is 1.45 bits per heavy atom. The van der Waals surface area contributed by atoms with E-state index in [1.807, 2.05) is 6.92 Å². The third-order valence-corrected chi connectivity index (χ3v) is 3.86. The summed E-state index contributed by atoms with van der Waals surface area (Å²) in [5, 5.41) is 3.66. The van der Waals surface area contributed by atoms with Crippen LogP contribution < -0.4 is 10.1 Å². The van der Waals surface area contributed by atoms with Crippen molar-refractivity contribution in [2.75, 3.05) is 19.7 Å². The zero-order valence-electron chi connectivity index (χ0n) is 12.3. The molecule has 0 saturated carbocycles. The van der Waals surface area contributed by atoms with E-state index in [-0.39, 0.29) is 24.5 Å². The van der Waals surface area contributed by atoms with Crippen LogP contribution in [0.15, 0.2) is 18.2 Å². The van der Waals surface area contributed by atoms with Crippen molar-refractivity contribution in [2.24, 2.45) is 0 Å². The molecule has 0 aliphatic carbocycles. The maximum atomic E-state index is 11.9. The Kier molecular flexibility index (Phi) is 5.91. The second kappa shape index (κ2) is 7.70. The molecule has 1 aliphatic heterocycles. The minimum Gasteiger partial charge on any atom is -0.482 e. The van der Waals surface area contributed by atoms with Gasteiger partial charge in [0, 0.05) is 24.5 Å². The van der Waals surface area contributed by atoms with Crippen molar-refractivity contribution < 1.29 is 14.3 Å². The van der Waals surface area contributed by atoms with Crippen LogP contribution in [0.3, 0.4) is 0 Å². The van der Waals surface area contributed by atoms with Gasteiger partial charge in [0.1, 0.15) is 5.75 Å². The lowest BCUT2D eigenvalue weighted by atomic mass is 10.2. The van der Waals surface area contributed by atoms with E-state index >= 15 is 0 Å². The molecule has 1 aromatic carbocycles. The molecule has 5 nitrogen and oxygen atoms in total. The fourth-order valence-corrected chi connectivity index (χ4v) is 2.82. The van der Waals surface area contributed by atoms with E-state index in [0.29, 0.717) is 28.8 Å². The summed E-state index contributed by atoms with van der Waals surface area (Å²) < 4.78 is 5.36. The van der Waals surface area contributed by atoms with E-state index in [0.717, 1.165) is 13.0 Å². The number of halogens is 2. The molecule has 1 aliphatic rings. The highest BCUT2D eigenvalue weighted by molar-refractivity contribution is 6.35. The number of rotatable bonds is 6. The largest absolute Gasteiger partial charge is 0.482 e. The second-order valence-electron chi connectivity index (χ2n) is 5.17. The highest BCUT2D eigenvalue weighted by Crippen LogP contribution is 2.27. The molecule has 1 saturated heterocycles. The Morgan fingerprint density at radius 2 is 2.23 bits per heavy atom. The van der Waals surface area contributed by atoms with E-state index in [4.69, 9.17) is 27.9 Å². The Hall–Kier alpha value is -1.46. The summed E-state index contributed by atoms with van der Waals surface area (Å²) >= 11 is 11.8. The monoisotopic (exact) mass is 344 g/mol. The first kappa shape index (κ1) is 16.9. The third kappa shape index (κ3) is 4.52. The number of nitrogens with one attached hydrogen (secondary N) is 1. The first-order chi connectivity index (χ1) is 10.5. The van der Waals surface area contributed by atoms with Crippen LogP contribution in [0, 0.1) is 0 Å². The van der Waals surface area contributed by atoms with Crippen molar-refractivity contribution >= 4 is 35.0 Å². The number of amides is 2. The normalized spacial score (nSPS) is 17.7. The molecule has 1 atom stereocenters. The molecular formula is C15H18Cl2N2O3. The number of benzene rings is 1. The third-order valence-electron chi connectivity index (χ3n) is 3.33. The van der Waals surface area contributed by atoms with Gasteiger partial charge in [-0.1, -0.05) is 30.1 Å².